The summed E-state index contributed by atoms with van der Waals surface area (Å²) in [4.78, 5) is 15.9. The second-order valence-electron chi connectivity index (χ2n) is 4.52. The zero-order chi connectivity index (χ0) is 15.0. The van der Waals surface area contributed by atoms with E-state index in [1.807, 2.05) is 12.1 Å². The zero-order valence-electron chi connectivity index (χ0n) is 11.0. The molecule has 108 valence electrons. The molecule has 2 heterocycles. The van der Waals surface area contributed by atoms with Gasteiger partial charge in [-0.2, -0.15) is 0 Å². The Kier molecular flexibility index (Phi) is 3.97. The Morgan fingerprint density at radius 3 is 2.81 bits per heavy atom. The highest BCUT2D eigenvalue weighted by Crippen LogP contribution is 2.40. The number of carbonyl (C=O) groups excluding carboxylic acids is 1. The molecule has 2 N–H and O–H groups in total. The molecule has 0 aliphatic carbocycles. The van der Waals surface area contributed by atoms with Crippen molar-refractivity contribution in [1.29, 1.82) is 0 Å². The van der Waals surface area contributed by atoms with Crippen LogP contribution >= 0.6 is 31.9 Å². The van der Waals surface area contributed by atoms with Crippen molar-refractivity contribution in [3.8, 4) is 11.5 Å². The lowest BCUT2D eigenvalue weighted by Crippen LogP contribution is -2.23. The van der Waals surface area contributed by atoms with E-state index in [1.54, 1.807) is 25.5 Å². The van der Waals surface area contributed by atoms with Gasteiger partial charge in [0.05, 0.1) is 10.7 Å². The number of anilines is 1. The van der Waals surface area contributed by atoms with Crippen molar-refractivity contribution in [3.63, 3.8) is 0 Å². The smallest absolute Gasteiger partial charge is 0.246 e. The normalized spacial score (nSPS) is 16.5. The molecule has 5 nitrogen and oxygen atoms in total. The lowest BCUT2D eigenvalue weighted by Gasteiger charge is -2.11. The Morgan fingerprint density at radius 1 is 1.29 bits per heavy atom. The number of halogens is 2. The fourth-order valence-corrected chi connectivity index (χ4v) is 2.99. The Balaban J connectivity index is 1.95. The molecule has 1 aliphatic rings. The number of hydrogen-bond acceptors (Lipinski definition) is 4. The standard InChI is InChI=1S/C14H11Br2N3O2/c1-17-13-9-3-10(16)12(4-11(9)19-14(13)20)21-8-2-7(15)5-18-6-8/h2-6,13,17H,1H3,(H,19,20). The molecule has 0 bridgehead atoms. The van der Waals surface area contributed by atoms with E-state index in [-0.39, 0.29) is 11.9 Å². The van der Waals surface area contributed by atoms with Crippen molar-refractivity contribution in [2.24, 2.45) is 0 Å². The lowest BCUT2D eigenvalue weighted by molar-refractivity contribution is -0.117. The number of pyridine rings is 1. The van der Waals surface area contributed by atoms with Gasteiger partial charge in [0.25, 0.3) is 0 Å². The monoisotopic (exact) mass is 411 g/mol. The molecule has 1 aromatic heterocycles. The highest BCUT2D eigenvalue weighted by atomic mass is 79.9. The minimum atomic E-state index is -0.335. The van der Waals surface area contributed by atoms with Crippen LogP contribution in [0.4, 0.5) is 5.69 Å². The molecule has 0 fully saturated rings. The Morgan fingerprint density at radius 2 is 2.10 bits per heavy atom. The second kappa shape index (κ2) is 5.75. The van der Waals surface area contributed by atoms with Crippen LogP contribution in [-0.2, 0) is 4.79 Å². The molecule has 1 aliphatic heterocycles. The second-order valence-corrected chi connectivity index (χ2v) is 6.29. The Labute approximate surface area is 138 Å². The molecule has 0 saturated carbocycles. The predicted octanol–water partition coefficient (Wildman–Crippen LogP) is 3.61. The number of fused-ring (bicyclic) bond motifs is 1. The number of carbonyl (C=O) groups is 1. The van der Waals surface area contributed by atoms with Gasteiger partial charge in [0, 0.05) is 28.0 Å². The lowest BCUT2D eigenvalue weighted by atomic mass is 10.1. The number of benzene rings is 1. The van der Waals surface area contributed by atoms with Crippen molar-refractivity contribution in [3.05, 3.63) is 45.1 Å². The predicted molar refractivity (Wildman–Crippen MR) is 86.6 cm³/mol. The van der Waals surface area contributed by atoms with Crippen LogP contribution < -0.4 is 15.4 Å². The van der Waals surface area contributed by atoms with E-state index < -0.39 is 0 Å². The summed E-state index contributed by atoms with van der Waals surface area (Å²) in [5, 5.41) is 5.82. The third-order valence-electron chi connectivity index (χ3n) is 3.13. The zero-order valence-corrected chi connectivity index (χ0v) is 14.2. The summed E-state index contributed by atoms with van der Waals surface area (Å²) in [5.41, 5.74) is 1.65. The van der Waals surface area contributed by atoms with Gasteiger partial charge < -0.3 is 15.4 Å². The first-order valence-corrected chi connectivity index (χ1v) is 7.77. The Hall–Kier alpha value is -1.44. The maximum Gasteiger partial charge on any atom is 0.246 e. The topological polar surface area (TPSA) is 63.2 Å². The SMILES string of the molecule is CNC1C(=O)Nc2cc(Oc3cncc(Br)c3)c(Br)cc21. The van der Waals surface area contributed by atoms with Crippen molar-refractivity contribution >= 4 is 43.5 Å². The fourth-order valence-electron chi connectivity index (χ4n) is 2.20. The maximum absolute atomic E-state index is 11.8. The number of nitrogens with zero attached hydrogens (tertiary/aromatic N) is 1. The van der Waals surface area contributed by atoms with Crippen LogP contribution in [0, 0.1) is 0 Å². The fraction of sp³-hybridized carbons (Fsp3) is 0.143. The van der Waals surface area contributed by atoms with Crippen LogP contribution in [-0.4, -0.2) is 17.9 Å². The van der Waals surface area contributed by atoms with Crippen LogP contribution in [0.15, 0.2) is 39.5 Å². The minimum absolute atomic E-state index is 0.0688. The number of nitrogens with one attached hydrogen (secondary N) is 2. The van der Waals surface area contributed by atoms with Crippen LogP contribution in [0.2, 0.25) is 0 Å². The van der Waals surface area contributed by atoms with E-state index in [0.29, 0.717) is 11.5 Å². The van der Waals surface area contributed by atoms with Crippen LogP contribution in [0.25, 0.3) is 0 Å². The first-order chi connectivity index (χ1) is 10.1. The molecule has 1 unspecified atom stereocenters. The van der Waals surface area contributed by atoms with Crippen molar-refractivity contribution in [2.75, 3.05) is 12.4 Å². The highest BCUT2D eigenvalue weighted by Gasteiger charge is 2.30. The molecule has 7 heteroatoms. The molecule has 2 aromatic rings. The molecular weight excluding hydrogens is 402 g/mol. The highest BCUT2D eigenvalue weighted by molar-refractivity contribution is 9.10. The van der Waals surface area contributed by atoms with E-state index >= 15 is 0 Å². The number of amides is 1. The van der Waals surface area contributed by atoms with Gasteiger partial charge in [0.1, 0.15) is 17.5 Å². The summed E-state index contributed by atoms with van der Waals surface area (Å²) in [7, 11) is 1.75. The van der Waals surface area contributed by atoms with E-state index in [1.165, 1.54) is 0 Å². The van der Waals surface area contributed by atoms with Gasteiger partial charge in [-0.3, -0.25) is 9.78 Å². The molecule has 0 spiro atoms. The van der Waals surface area contributed by atoms with Gasteiger partial charge in [-0.1, -0.05) is 0 Å². The number of ether oxygens (including phenoxy) is 1. The summed E-state index contributed by atoms with van der Waals surface area (Å²) >= 11 is 6.83. The van der Waals surface area contributed by atoms with Gasteiger partial charge in [-0.25, -0.2) is 0 Å². The molecule has 0 radical (unpaired) electrons. The van der Waals surface area contributed by atoms with E-state index in [4.69, 9.17) is 4.74 Å². The third kappa shape index (κ3) is 2.81. The first kappa shape index (κ1) is 14.5. The summed E-state index contributed by atoms with van der Waals surface area (Å²) in [6, 6.07) is 5.17. The van der Waals surface area contributed by atoms with Crippen LogP contribution in [0.1, 0.15) is 11.6 Å². The van der Waals surface area contributed by atoms with Gasteiger partial charge in [0.2, 0.25) is 5.91 Å². The van der Waals surface area contributed by atoms with Gasteiger partial charge in [0.15, 0.2) is 0 Å². The summed E-state index contributed by atoms with van der Waals surface area (Å²) in [6.07, 6.45) is 3.31. The molecule has 0 saturated heterocycles. The average molecular weight is 413 g/mol. The molecular formula is C14H11Br2N3O2. The maximum atomic E-state index is 11.8. The van der Waals surface area contributed by atoms with Crippen LogP contribution in [0.5, 0.6) is 11.5 Å². The summed E-state index contributed by atoms with van der Waals surface area (Å²) in [6.45, 7) is 0. The first-order valence-electron chi connectivity index (χ1n) is 6.18. The number of likely N-dealkylation sites (N-methyl/N-ethyl adjacent to an activating group) is 1. The van der Waals surface area contributed by atoms with Crippen molar-refractivity contribution < 1.29 is 9.53 Å². The van der Waals surface area contributed by atoms with Crippen molar-refractivity contribution in [1.82, 2.24) is 10.3 Å². The Bertz CT molecular complexity index is 721. The largest absolute Gasteiger partial charge is 0.454 e. The molecule has 1 amide bonds. The average Bonchev–Trinajstić information content (AvgIpc) is 2.74. The van der Waals surface area contributed by atoms with Gasteiger partial charge in [-0.05, 0) is 51.0 Å². The molecule has 1 atom stereocenters. The number of rotatable bonds is 3. The third-order valence-corrected chi connectivity index (χ3v) is 4.18. The quantitative estimate of drug-likeness (QED) is 0.808. The molecule has 1 aromatic carbocycles. The van der Waals surface area contributed by atoms with Crippen LogP contribution in [0.3, 0.4) is 0 Å². The number of aromatic nitrogens is 1. The summed E-state index contributed by atoms with van der Waals surface area (Å²) < 4.78 is 7.42. The van der Waals surface area contributed by atoms with Crippen molar-refractivity contribution in [2.45, 2.75) is 6.04 Å². The van der Waals surface area contributed by atoms with E-state index in [9.17, 15) is 4.79 Å². The van der Waals surface area contributed by atoms with Gasteiger partial charge in [-0.15, -0.1) is 0 Å². The van der Waals surface area contributed by atoms with Gasteiger partial charge >= 0.3 is 0 Å². The van der Waals surface area contributed by atoms with E-state index in [0.717, 1.165) is 20.2 Å². The summed E-state index contributed by atoms with van der Waals surface area (Å²) in [5.74, 6) is 1.16. The molecule has 21 heavy (non-hydrogen) atoms. The minimum Gasteiger partial charge on any atom is -0.454 e. The van der Waals surface area contributed by atoms with E-state index in [2.05, 4.69) is 47.5 Å². The number of hydrogen-bond donors (Lipinski definition) is 2. The molecule has 3 rings (SSSR count).